The summed E-state index contributed by atoms with van der Waals surface area (Å²) in [6, 6.07) is 6.47. The highest BCUT2D eigenvalue weighted by Gasteiger charge is 2.08. The highest BCUT2D eigenvalue weighted by Crippen LogP contribution is 2.04. The number of nitrogens with one attached hydrogen (secondary N) is 1. The van der Waals surface area contributed by atoms with Crippen molar-refractivity contribution in [2.75, 3.05) is 4.84 Å². The van der Waals surface area contributed by atoms with Crippen molar-refractivity contribution in [1.29, 1.82) is 0 Å². The molecule has 0 amide bonds. The summed E-state index contributed by atoms with van der Waals surface area (Å²) in [5.41, 5.74) is 1.16. The predicted octanol–water partition coefficient (Wildman–Crippen LogP) is -0.0679. The lowest BCUT2D eigenvalue weighted by molar-refractivity contribution is 0.426. The molecule has 0 aliphatic rings. The lowest BCUT2D eigenvalue weighted by atomic mass is 9.80. The Balaban J connectivity index is 2.83. The Morgan fingerprint density at radius 3 is 2.09 bits per heavy atom. The number of hydrogen-bond donors (Lipinski definition) is 3. The van der Waals surface area contributed by atoms with E-state index in [0.717, 1.165) is 5.69 Å². The molecule has 0 fully saturated rings. The molecule has 58 valence electrons. The molecule has 0 unspecified atom stereocenters. The van der Waals surface area contributed by atoms with Crippen molar-refractivity contribution >= 4 is 30.0 Å². The second kappa shape index (κ2) is 3.62. The van der Waals surface area contributed by atoms with Crippen molar-refractivity contribution in [3.05, 3.63) is 24.3 Å². The molecule has 0 spiro atoms. The molecule has 3 N–H and O–H groups in total. The predicted molar refractivity (Wildman–Crippen MR) is 45.7 cm³/mol. The van der Waals surface area contributed by atoms with Gasteiger partial charge in [0.05, 0.1) is 0 Å². The van der Waals surface area contributed by atoms with E-state index in [-0.39, 0.29) is 0 Å². The van der Waals surface area contributed by atoms with Crippen molar-refractivity contribution in [2.24, 2.45) is 0 Å². The summed E-state index contributed by atoms with van der Waals surface area (Å²) in [5, 5.41) is 17.4. The first-order chi connectivity index (χ1) is 5.24. The average molecular weight is 171 g/mol. The number of halogens is 1. The van der Waals surface area contributed by atoms with Crippen LogP contribution < -0.4 is 10.3 Å². The largest absolute Gasteiger partial charge is 0.488 e. The third-order valence-corrected chi connectivity index (χ3v) is 1.54. The molecule has 11 heavy (non-hydrogen) atoms. The van der Waals surface area contributed by atoms with Crippen LogP contribution in [-0.2, 0) is 0 Å². The van der Waals surface area contributed by atoms with Gasteiger partial charge in [-0.2, -0.15) is 0 Å². The van der Waals surface area contributed by atoms with Crippen LogP contribution in [0.25, 0.3) is 0 Å². The van der Waals surface area contributed by atoms with Crippen LogP contribution in [0.1, 0.15) is 0 Å². The SMILES string of the molecule is OB(O)c1ccc(NCl)cc1. The van der Waals surface area contributed by atoms with Crippen LogP contribution in [0.4, 0.5) is 5.69 Å². The maximum absolute atomic E-state index is 8.69. The lowest BCUT2D eigenvalue weighted by Gasteiger charge is -1.99. The average Bonchev–Trinajstić information content (AvgIpc) is 2.05. The van der Waals surface area contributed by atoms with Crippen LogP contribution in [0.2, 0.25) is 0 Å². The van der Waals surface area contributed by atoms with E-state index in [1.54, 1.807) is 24.3 Å². The summed E-state index contributed by atoms with van der Waals surface area (Å²) >= 11 is 5.28. The molecule has 0 heterocycles. The fourth-order valence-corrected chi connectivity index (χ4v) is 0.844. The van der Waals surface area contributed by atoms with Gasteiger partial charge < -0.3 is 10.0 Å². The van der Waals surface area contributed by atoms with Crippen LogP contribution in [0.3, 0.4) is 0 Å². The van der Waals surface area contributed by atoms with E-state index in [4.69, 9.17) is 21.8 Å². The van der Waals surface area contributed by atoms with E-state index in [2.05, 4.69) is 4.84 Å². The van der Waals surface area contributed by atoms with Gasteiger partial charge in [-0.1, -0.05) is 12.1 Å². The van der Waals surface area contributed by atoms with Crippen LogP contribution >= 0.6 is 11.8 Å². The quantitative estimate of drug-likeness (QED) is 0.431. The molecule has 0 bridgehead atoms. The molecule has 3 nitrogen and oxygen atoms in total. The molecule has 0 atom stereocenters. The topological polar surface area (TPSA) is 52.5 Å². The standard InChI is InChI=1S/C6H7BClNO2/c8-9-6-3-1-5(2-4-6)7(10)11/h1-4,9-11H. The van der Waals surface area contributed by atoms with E-state index in [9.17, 15) is 0 Å². The molecular weight excluding hydrogens is 164 g/mol. The van der Waals surface area contributed by atoms with Gasteiger partial charge >= 0.3 is 7.12 Å². The van der Waals surface area contributed by atoms with Crippen molar-refractivity contribution in [1.82, 2.24) is 0 Å². The second-order valence-electron chi connectivity index (χ2n) is 2.09. The molecule has 0 saturated carbocycles. The van der Waals surface area contributed by atoms with Gasteiger partial charge in [0.15, 0.2) is 0 Å². The Bertz CT molecular complexity index is 227. The molecule has 0 aromatic heterocycles. The van der Waals surface area contributed by atoms with Crippen molar-refractivity contribution < 1.29 is 10.0 Å². The number of rotatable bonds is 2. The monoisotopic (exact) mass is 171 g/mol. The Hall–Kier alpha value is -0.705. The Morgan fingerprint density at radius 2 is 1.73 bits per heavy atom. The van der Waals surface area contributed by atoms with Gasteiger partial charge in [-0.05, 0) is 17.6 Å². The summed E-state index contributed by atoms with van der Waals surface area (Å²) in [6.45, 7) is 0. The van der Waals surface area contributed by atoms with Gasteiger partial charge in [-0.3, -0.25) is 4.84 Å². The highest BCUT2D eigenvalue weighted by atomic mass is 35.5. The van der Waals surface area contributed by atoms with Crippen LogP contribution in [0, 0.1) is 0 Å². The first kappa shape index (κ1) is 8.39. The fraction of sp³-hybridized carbons (Fsp3) is 0. The summed E-state index contributed by atoms with van der Waals surface area (Å²) in [4.78, 5) is 2.40. The summed E-state index contributed by atoms with van der Waals surface area (Å²) in [6.07, 6.45) is 0. The van der Waals surface area contributed by atoms with Gasteiger partial charge in [-0.25, -0.2) is 0 Å². The summed E-state index contributed by atoms with van der Waals surface area (Å²) < 4.78 is 0. The minimum absolute atomic E-state index is 0.445. The maximum Gasteiger partial charge on any atom is 0.488 e. The zero-order valence-electron chi connectivity index (χ0n) is 5.66. The molecule has 5 heteroatoms. The van der Waals surface area contributed by atoms with E-state index >= 15 is 0 Å². The first-order valence-electron chi connectivity index (χ1n) is 3.07. The van der Waals surface area contributed by atoms with Crippen LogP contribution in [-0.4, -0.2) is 17.2 Å². The summed E-state index contributed by atoms with van der Waals surface area (Å²) in [5.74, 6) is 0. The third kappa shape index (κ3) is 2.11. The van der Waals surface area contributed by atoms with Gasteiger partial charge in [0.2, 0.25) is 0 Å². The minimum Gasteiger partial charge on any atom is -0.423 e. The zero-order chi connectivity index (χ0) is 8.27. The molecule has 0 aliphatic heterocycles. The molecule has 1 aromatic carbocycles. The Labute approximate surface area is 69.9 Å². The Morgan fingerprint density at radius 1 is 1.18 bits per heavy atom. The van der Waals surface area contributed by atoms with E-state index in [1.165, 1.54) is 0 Å². The van der Waals surface area contributed by atoms with Gasteiger partial charge in [0.25, 0.3) is 0 Å². The smallest absolute Gasteiger partial charge is 0.423 e. The van der Waals surface area contributed by atoms with Gasteiger partial charge in [0.1, 0.15) is 0 Å². The normalized spacial score (nSPS) is 9.36. The highest BCUT2D eigenvalue weighted by molar-refractivity contribution is 6.58. The van der Waals surface area contributed by atoms with E-state index in [0.29, 0.717) is 5.46 Å². The number of hydrogen-bond acceptors (Lipinski definition) is 3. The third-order valence-electron chi connectivity index (χ3n) is 1.32. The maximum atomic E-state index is 8.69. The molecule has 1 rings (SSSR count). The van der Waals surface area contributed by atoms with E-state index < -0.39 is 7.12 Å². The van der Waals surface area contributed by atoms with Gasteiger partial charge in [0, 0.05) is 17.5 Å². The Kier molecular flexibility index (Phi) is 2.76. The number of benzene rings is 1. The first-order valence-corrected chi connectivity index (χ1v) is 3.44. The van der Waals surface area contributed by atoms with Crippen molar-refractivity contribution in [3.63, 3.8) is 0 Å². The van der Waals surface area contributed by atoms with Crippen molar-refractivity contribution in [2.45, 2.75) is 0 Å². The van der Waals surface area contributed by atoms with Crippen LogP contribution in [0.15, 0.2) is 24.3 Å². The zero-order valence-corrected chi connectivity index (χ0v) is 6.42. The molecule has 0 aliphatic carbocycles. The minimum atomic E-state index is -1.42. The van der Waals surface area contributed by atoms with Gasteiger partial charge in [-0.15, -0.1) is 0 Å². The molecule has 0 radical (unpaired) electrons. The van der Waals surface area contributed by atoms with Crippen LogP contribution in [0.5, 0.6) is 0 Å². The molecule has 0 saturated heterocycles. The van der Waals surface area contributed by atoms with E-state index in [1.807, 2.05) is 0 Å². The number of anilines is 1. The fourth-order valence-electron chi connectivity index (χ4n) is 0.718. The second-order valence-corrected chi connectivity index (χ2v) is 2.28. The summed E-state index contributed by atoms with van der Waals surface area (Å²) in [7, 11) is -1.42. The lowest BCUT2D eigenvalue weighted by Crippen LogP contribution is -2.29. The molecular formula is C6H7BClNO2. The molecule has 1 aromatic rings. The van der Waals surface area contributed by atoms with Crippen molar-refractivity contribution in [3.8, 4) is 0 Å².